The number of benzene rings is 1. The number of ether oxygens (including phenoxy) is 1. The van der Waals surface area contributed by atoms with Crippen LogP contribution in [0.15, 0.2) is 28.9 Å². The number of aromatic nitrogens is 1. The molecule has 2 N–H and O–H groups in total. The molecule has 0 saturated heterocycles. The first-order valence-corrected chi connectivity index (χ1v) is 10.4. The number of rotatable bonds is 7. The summed E-state index contributed by atoms with van der Waals surface area (Å²) in [5.74, 6) is -0.320. The van der Waals surface area contributed by atoms with Gasteiger partial charge in [0, 0.05) is 31.2 Å². The van der Waals surface area contributed by atoms with Gasteiger partial charge >= 0.3 is 6.61 Å². The molecule has 1 aliphatic carbocycles. The van der Waals surface area contributed by atoms with E-state index in [-0.39, 0.29) is 25.2 Å². The average Bonchev–Trinajstić information content (AvgIpc) is 2.69. The fraction of sp³-hybridized carbons (Fsp3) is 0.500. The Kier molecular flexibility index (Phi) is 7.51. The number of nitrogens with zero attached hydrogens (tertiary/aromatic N) is 1. The van der Waals surface area contributed by atoms with Crippen molar-refractivity contribution in [2.75, 3.05) is 0 Å². The van der Waals surface area contributed by atoms with Crippen LogP contribution in [-0.2, 0) is 0 Å². The zero-order valence-electron chi connectivity index (χ0n) is 16.2. The number of carbonyl (C=O) groups is 1. The SMILES string of the molecule is CC(NC1CCC(NC(=O)c2cnc3cc(OC(F)F)c(Br)cc3c2)CC1)C(F)F.[HH]. The minimum absolute atomic E-state index is 0. The molecule has 1 saturated carbocycles. The van der Waals surface area contributed by atoms with Gasteiger partial charge in [-0.15, -0.1) is 0 Å². The molecular weight excluding hydrogens is 470 g/mol. The van der Waals surface area contributed by atoms with Gasteiger partial charge in [-0.2, -0.15) is 8.78 Å². The summed E-state index contributed by atoms with van der Waals surface area (Å²) in [7, 11) is 0. The van der Waals surface area contributed by atoms with Crippen molar-refractivity contribution < 1.29 is 28.5 Å². The van der Waals surface area contributed by atoms with Crippen molar-refractivity contribution in [1.82, 2.24) is 15.6 Å². The van der Waals surface area contributed by atoms with E-state index in [1.54, 1.807) is 12.1 Å². The number of amides is 1. The van der Waals surface area contributed by atoms with Crippen molar-refractivity contribution in [3.05, 3.63) is 34.4 Å². The van der Waals surface area contributed by atoms with E-state index in [1.165, 1.54) is 19.2 Å². The topological polar surface area (TPSA) is 63.2 Å². The second-order valence-corrected chi connectivity index (χ2v) is 8.24. The first-order chi connectivity index (χ1) is 14.2. The molecule has 1 fully saturated rings. The molecule has 1 amide bonds. The quantitative estimate of drug-likeness (QED) is 0.525. The van der Waals surface area contributed by atoms with Gasteiger partial charge in [-0.05, 0) is 60.7 Å². The zero-order chi connectivity index (χ0) is 21.8. The molecule has 1 unspecified atom stereocenters. The van der Waals surface area contributed by atoms with Gasteiger partial charge in [0.05, 0.1) is 21.6 Å². The van der Waals surface area contributed by atoms with Crippen LogP contribution >= 0.6 is 15.9 Å². The Hall–Kier alpha value is -1.94. The highest BCUT2D eigenvalue weighted by molar-refractivity contribution is 9.10. The first kappa shape index (κ1) is 22.7. The summed E-state index contributed by atoms with van der Waals surface area (Å²) < 4.78 is 55.0. The first-order valence-electron chi connectivity index (χ1n) is 9.62. The van der Waals surface area contributed by atoms with Crippen molar-refractivity contribution in [1.29, 1.82) is 0 Å². The van der Waals surface area contributed by atoms with Crippen LogP contribution in [0.2, 0.25) is 0 Å². The number of alkyl halides is 4. The van der Waals surface area contributed by atoms with E-state index >= 15 is 0 Å². The van der Waals surface area contributed by atoms with Crippen LogP contribution in [0.1, 0.15) is 44.4 Å². The molecule has 1 atom stereocenters. The summed E-state index contributed by atoms with van der Waals surface area (Å²) in [6, 6.07) is 3.70. The predicted octanol–water partition coefficient (Wildman–Crippen LogP) is 5.13. The Labute approximate surface area is 181 Å². The molecule has 166 valence electrons. The lowest BCUT2D eigenvalue weighted by Gasteiger charge is -2.31. The highest BCUT2D eigenvalue weighted by Gasteiger charge is 2.26. The Morgan fingerprint density at radius 3 is 2.47 bits per heavy atom. The van der Waals surface area contributed by atoms with Crippen LogP contribution in [0.25, 0.3) is 10.9 Å². The number of carbonyl (C=O) groups excluding carboxylic acids is 1. The second kappa shape index (κ2) is 9.91. The van der Waals surface area contributed by atoms with E-state index in [1.807, 2.05) is 0 Å². The van der Waals surface area contributed by atoms with Gasteiger partial charge in [-0.3, -0.25) is 9.78 Å². The third-order valence-corrected chi connectivity index (χ3v) is 5.77. The second-order valence-electron chi connectivity index (χ2n) is 7.39. The third kappa shape index (κ3) is 5.81. The van der Waals surface area contributed by atoms with Gasteiger partial charge in [-0.25, -0.2) is 8.78 Å². The minimum Gasteiger partial charge on any atom is -0.434 e. The highest BCUT2D eigenvalue weighted by Crippen LogP contribution is 2.31. The van der Waals surface area contributed by atoms with Crippen molar-refractivity contribution >= 4 is 32.7 Å². The molecule has 3 rings (SSSR count). The van der Waals surface area contributed by atoms with E-state index in [0.29, 0.717) is 46.6 Å². The van der Waals surface area contributed by atoms with Gasteiger partial charge in [0.25, 0.3) is 12.3 Å². The maximum Gasteiger partial charge on any atom is 0.387 e. The smallest absolute Gasteiger partial charge is 0.387 e. The lowest BCUT2D eigenvalue weighted by Crippen LogP contribution is -2.46. The number of nitrogens with one attached hydrogen (secondary N) is 2. The number of halogens is 5. The van der Waals surface area contributed by atoms with E-state index < -0.39 is 19.1 Å². The van der Waals surface area contributed by atoms with Crippen molar-refractivity contribution in [3.8, 4) is 5.75 Å². The molecule has 1 aromatic carbocycles. The summed E-state index contributed by atoms with van der Waals surface area (Å²) in [6.07, 6.45) is 1.78. The van der Waals surface area contributed by atoms with Crippen LogP contribution in [0.5, 0.6) is 5.75 Å². The molecule has 5 nitrogen and oxygen atoms in total. The van der Waals surface area contributed by atoms with Crippen LogP contribution in [0.4, 0.5) is 17.6 Å². The molecule has 1 heterocycles. The Morgan fingerprint density at radius 2 is 1.83 bits per heavy atom. The van der Waals surface area contributed by atoms with E-state index in [2.05, 4.69) is 36.3 Å². The van der Waals surface area contributed by atoms with Crippen LogP contribution in [-0.4, -0.2) is 42.1 Å². The van der Waals surface area contributed by atoms with Gasteiger partial charge < -0.3 is 15.4 Å². The standard InChI is InChI=1S/C20H22BrF4N3O2.H2/c1-10(18(22)23)27-13-2-4-14(5-3-13)28-19(29)12-6-11-7-15(21)17(30-20(24)25)8-16(11)26-9-12;/h6-10,13-14,18,20,27H,2-5H2,1H3,(H,28,29);1H. The highest BCUT2D eigenvalue weighted by atomic mass is 79.9. The van der Waals surface area contributed by atoms with Crippen LogP contribution in [0, 0.1) is 0 Å². The summed E-state index contributed by atoms with van der Waals surface area (Å²) in [5, 5.41) is 6.49. The predicted molar refractivity (Wildman–Crippen MR) is 110 cm³/mol. The van der Waals surface area contributed by atoms with E-state index in [0.717, 1.165) is 0 Å². The molecule has 10 heteroatoms. The number of fused-ring (bicyclic) bond motifs is 1. The van der Waals surface area contributed by atoms with Crippen LogP contribution in [0.3, 0.4) is 0 Å². The largest absolute Gasteiger partial charge is 0.434 e. The molecule has 0 spiro atoms. The van der Waals surface area contributed by atoms with Crippen LogP contribution < -0.4 is 15.4 Å². The normalized spacial score (nSPS) is 20.5. The average molecular weight is 494 g/mol. The van der Waals surface area contributed by atoms with Crippen molar-refractivity contribution in [2.24, 2.45) is 0 Å². The third-order valence-electron chi connectivity index (χ3n) is 5.15. The van der Waals surface area contributed by atoms with Gasteiger partial charge in [-0.1, -0.05) is 0 Å². The lowest BCUT2D eigenvalue weighted by molar-refractivity contribution is -0.0502. The number of hydrogen-bond donors (Lipinski definition) is 2. The van der Waals surface area contributed by atoms with Crippen molar-refractivity contribution in [2.45, 2.75) is 63.8 Å². The minimum atomic E-state index is -2.95. The van der Waals surface area contributed by atoms with Gasteiger partial charge in [0.15, 0.2) is 0 Å². The van der Waals surface area contributed by atoms with E-state index in [9.17, 15) is 22.4 Å². The van der Waals surface area contributed by atoms with E-state index in [4.69, 9.17) is 0 Å². The molecule has 0 radical (unpaired) electrons. The Morgan fingerprint density at radius 1 is 1.17 bits per heavy atom. The number of hydrogen-bond acceptors (Lipinski definition) is 4. The molecule has 1 aliphatic rings. The Bertz CT molecular complexity index is 898. The van der Waals surface area contributed by atoms with Crippen molar-refractivity contribution in [3.63, 3.8) is 0 Å². The lowest BCUT2D eigenvalue weighted by atomic mass is 9.90. The van der Waals surface area contributed by atoms with Gasteiger partial charge in [0.2, 0.25) is 0 Å². The summed E-state index contributed by atoms with van der Waals surface area (Å²) in [4.78, 5) is 16.8. The molecule has 1 aromatic heterocycles. The number of pyridine rings is 1. The maximum atomic E-state index is 12.7. The summed E-state index contributed by atoms with van der Waals surface area (Å²) in [5.41, 5.74) is 0.772. The molecule has 0 bridgehead atoms. The fourth-order valence-electron chi connectivity index (χ4n) is 3.56. The molecule has 30 heavy (non-hydrogen) atoms. The molecular formula is C20H24BrF4N3O2. The fourth-order valence-corrected chi connectivity index (χ4v) is 4.01. The van der Waals surface area contributed by atoms with Gasteiger partial charge in [0.1, 0.15) is 5.75 Å². The monoisotopic (exact) mass is 493 g/mol. The summed E-state index contributed by atoms with van der Waals surface area (Å²) in [6.45, 7) is -1.49. The Balaban J connectivity index is 0.00000341. The molecule has 2 aromatic rings. The molecule has 0 aliphatic heterocycles. The zero-order valence-corrected chi connectivity index (χ0v) is 17.8. The maximum absolute atomic E-state index is 12.7. The summed E-state index contributed by atoms with van der Waals surface area (Å²) >= 11 is 3.18.